The Hall–Kier alpha value is -1.59. The van der Waals surface area contributed by atoms with Gasteiger partial charge in [0.25, 0.3) is 0 Å². The molecule has 0 spiro atoms. The van der Waals surface area contributed by atoms with Crippen LogP contribution in [-0.4, -0.2) is 23.5 Å². The Labute approximate surface area is 145 Å². The van der Waals surface area contributed by atoms with Gasteiger partial charge in [0.1, 0.15) is 5.15 Å². The van der Waals surface area contributed by atoms with Crippen molar-refractivity contribution in [2.45, 2.75) is 26.1 Å². The van der Waals surface area contributed by atoms with E-state index in [1.54, 1.807) is 18.3 Å². The van der Waals surface area contributed by atoms with Crippen LogP contribution in [0.15, 0.2) is 42.6 Å². The van der Waals surface area contributed by atoms with Crippen LogP contribution in [0.4, 0.5) is 13.2 Å². The zero-order valence-corrected chi connectivity index (χ0v) is 14.4. The van der Waals surface area contributed by atoms with E-state index in [1.807, 2.05) is 20.0 Å². The predicted molar refractivity (Wildman–Crippen MR) is 89.9 cm³/mol. The van der Waals surface area contributed by atoms with Crippen LogP contribution in [0.2, 0.25) is 5.15 Å². The molecule has 1 heterocycles. The van der Waals surface area contributed by atoms with Crippen molar-refractivity contribution in [2.75, 3.05) is 13.6 Å². The molecule has 0 fully saturated rings. The summed E-state index contributed by atoms with van der Waals surface area (Å²) in [4.78, 5) is 6.17. The smallest absolute Gasteiger partial charge is 0.302 e. The van der Waals surface area contributed by atoms with Gasteiger partial charge in [-0.1, -0.05) is 42.8 Å². The summed E-state index contributed by atoms with van der Waals surface area (Å²) in [6.07, 6.45) is -1.96. The lowest BCUT2D eigenvalue weighted by Gasteiger charge is -2.21. The van der Waals surface area contributed by atoms with Crippen LogP contribution < -0.4 is 0 Å². The van der Waals surface area contributed by atoms with Gasteiger partial charge in [0.05, 0.1) is 5.56 Å². The predicted octanol–water partition coefficient (Wildman–Crippen LogP) is 5.06. The molecule has 24 heavy (non-hydrogen) atoms. The molecule has 1 aromatic heterocycles. The average Bonchev–Trinajstić information content (AvgIpc) is 2.49. The molecule has 0 saturated carbocycles. The standard InChI is InChI=1S/C18H20ClF3N2/c1-13(8-14-4-3-5-16(9-14)18(20,21)22)11-24(2)12-15-6-7-17(19)23-10-15/h3-7,9-10,13H,8,11-12H2,1-2H3. The van der Waals surface area contributed by atoms with Crippen molar-refractivity contribution in [1.29, 1.82) is 0 Å². The quantitative estimate of drug-likeness (QED) is 0.672. The summed E-state index contributed by atoms with van der Waals surface area (Å²) < 4.78 is 38.3. The third-order valence-corrected chi connectivity index (χ3v) is 3.93. The van der Waals surface area contributed by atoms with Gasteiger partial charge in [-0.15, -0.1) is 0 Å². The van der Waals surface area contributed by atoms with Crippen LogP contribution in [-0.2, 0) is 19.1 Å². The number of alkyl halides is 3. The second-order valence-electron chi connectivity index (χ2n) is 6.19. The zero-order chi connectivity index (χ0) is 17.7. The van der Waals surface area contributed by atoms with Crippen molar-refractivity contribution < 1.29 is 13.2 Å². The molecule has 2 aromatic rings. The summed E-state index contributed by atoms with van der Waals surface area (Å²) in [5, 5.41) is 0.458. The summed E-state index contributed by atoms with van der Waals surface area (Å²) in [5.74, 6) is 0.235. The van der Waals surface area contributed by atoms with E-state index in [2.05, 4.69) is 9.88 Å². The monoisotopic (exact) mass is 356 g/mol. The first-order chi connectivity index (χ1) is 11.2. The maximum Gasteiger partial charge on any atom is 0.416 e. The molecule has 0 bridgehead atoms. The maximum absolute atomic E-state index is 12.8. The summed E-state index contributed by atoms with van der Waals surface area (Å²) in [6, 6.07) is 9.22. The molecule has 1 unspecified atom stereocenters. The van der Waals surface area contributed by atoms with E-state index < -0.39 is 11.7 Å². The molecule has 1 aromatic carbocycles. The van der Waals surface area contributed by atoms with E-state index in [1.165, 1.54) is 12.1 Å². The highest BCUT2D eigenvalue weighted by atomic mass is 35.5. The molecule has 0 amide bonds. The van der Waals surface area contributed by atoms with Crippen LogP contribution in [0, 0.1) is 5.92 Å². The lowest BCUT2D eigenvalue weighted by Crippen LogP contribution is -2.25. The molecule has 0 radical (unpaired) electrons. The SMILES string of the molecule is CC(Cc1cccc(C(F)(F)F)c1)CN(C)Cc1ccc(Cl)nc1. The summed E-state index contributed by atoms with van der Waals surface area (Å²) in [7, 11) is 1.98. The Morgan fingerprint density at radius 1 is 1.17 bits per heavy atom. The highest BCUT2D eigenvalue weighted by Crippen LogP contribution is 2.30. The van der Waals surface area contributed by atoms with E-state index in [9.17, 15) is 13.2 Å². The maximum atomic E-state index is 12.8. The fourth-order valence-electron chi connectivity index (χ4n) is 2.75. The number of pyridine rings is 1. The van der Waals surface area contributed by atoms with Crippen molar-refractivity contribution in [1.82, 2.24) is 9.88 Å². The first-order valence-corrected chi connectivity index (χ1v) is 8.07. The van der Waals surface area contributed by atoms with Crippen molar-refractivity contribution >= 4 is 11.6 Å². The fourth-order valence-corrected chi connectivity index (χ4v) is 2.86. The number of hydrogen-bond acceptors (Lipinski definition) is 2. The Morgan fingerprint density at radius 3 is 2.54 bits per heavy atom. The van der Waals surface area contributed by atoms with Gasteiger partial charge in [0.2, 0.25) is 0 Å². The third kappa shape index (κ3) is 5.80. The van der Waals surface area contributed by atoms with Crippen LogP contribution in [0.25, 0.3) is 0 Å². The minimum Gasteiger partial charge on any atom is -0.302 e. The molecular formula is C18H20ClF3N2. The average molecular weight is 357 g/mol. The number of nitrogens with zero attached hydrogens (tertiary/aromatic N) is 2. The molecule has 1 atom stereocenters. The Kier molecular flexibility index (Phi) is 6.24. The first-order valence-electron chi connectivity index (χ1n) is 7.69. The van der Waals surface area contributed by atoms with Gasteiger partial charge < -0.3 is 4.90 Å². The largest absolute Gasteiger partial charge is 0.416 e. The van der Waals surface area contributed by atoms with E-state index >= 15 is 0 Å². The van der Waals surface area contributed by atoms with E-state index in [0.717, 1.165) is 24.7 Å². The van der Waals surface area contributed by atoms with Gasteiger partial charge in [0.15, 0.2) is 0 Å². The minimum absolute atomic E-state index is 0.235. The van der Waals surface area contributed by atoms with E-state index in [4.69, 9.17) is 11.6 Å². The Balaban J connectivity index is 1.90. The molecule has 130 valence electrons. The van der Waals surface area contributed by atoms with Crippen molar-refractivity contribution in [3.63, 3.8) is 0 Å². The van der Waals surface area contributed by atoms with Gasteiger partial charge in [-0.25, -0.2) is 4.98 Å². The van der Waals surface area contributed by atoms with Crippen molar-refractivity contribution in [2.24, 2.45) is 5.92 Å². The fraction of sp³-hybridized carbons (Fsp3) is 0.389. The number of rotatable bonds is 6. The molecule has 0 aliphatic carbocycles. The summed E-state index contributed by atoms with van der Waals surface area (Å²) in [6.45, 7) is 3.53. The number of hydrogen-bond donors (Lipinski definition) is 0. The van der Waals surface area contributed by atoms with E-state index in [-0.39, 0.29) is 5.92 Å². The summed E-state index contributed by atoms with van der Waals surface area (Å²) >= 11 is 5.76. The lowest BCUT2D eigenvalue weighted by atomic mass is 9.99. The zero-order valence-electron chi connectivity index (χ0n) is 13.6. The van der Waals surface area contributed by atoms with Crippen LogP contribution in [0.1, 0.15) is 23.6 Å². The van der Waals surface area contributed by atoms with Gasteiger partial charge >= 0.3 is 6.18 Å². The Morgan fingerprint density at radius 2 is 1.92 bits per heavy atom. The molecule has 0 saturated heterocycles. The van der Waals surface area contributed by atoms with Crippen LogP contribution in [0.3, 0.4) is 0 Å². The second-order valence-corrected chi connectivity index (χ2v) is 6.58. The second kappa shape index (κ2) is 7.99. The first kappa shape index (κ1) is 18.7. The number of halogens is 4. The molecule has 2 rings (SSSR count). The summed E-state index contributed by atoms with van der Waals surface area (Å²) in [5.41, 5.74) is 1.17. The van der Waals surface area contributed by atoms with Crippen LogP contribution in [0.5, 0.6) is 0 Å². The van der Waals surface area contributed by atoms with Crippen molar-refractivity contribution in [3.05, 3.63) is 64.4 Å². The van der Waals surface area contributed by atoms with Gasteiger partial charge in [-0.05, 0) is 42.6 Å². The highest BCUT2D eigenvalue weighted by Gasteiger charge is 2.30. The van der Waals surface area contributed by atoms with Gasteiger partial charge in [-0.2, -0.15) is 13.2 Å². The molecular weight excluding hydrogens is 337 g/mol. The normalized spacial score (nSPS) is 13.3. The molecule has 0 aliphatic heterocycles. The van der Waals surface area contributed by atoms with Gasteiger partial charge in [-0.3, -0.25) is 0 Å². The van der Waals surface area contributed by atoms with Crippen LogP contribution >= 0.6 is 11.6 Å². The molecule has 0 aliphatic rings. The highest BCUT2D eigenvalue weighted by molar-refractivity contribution is 6.29. The third-order valence-electron chi connectivity index (χ3n) is 3.70. The Bertz CT molecular complexity index is 656. The molecule has 2 nitrogen and oxygen atoms in total. The van der Waals surface area contributed by atoms with E-state index in [0.29, 0.717) is 17.1 Å². The van der Waals surface area contributed by atoms with Gasteiger partial charge in [0, 0.05) is 19.3 Å². The minimum atomic E-state index is -4.29. The topological polar surface area (TPSA) is 16.1 Å². The molecule has 6 heteroatoms. The molecule has 0 N–H and O–H groups in total. The number of benzene rings is 1. The lowest BCUT2D eigenvalue weighted by molar-refractivity contribution is -0.137. The number of aromatic nitrogens is 1. The van der Waals surface area contributed by atoms with Crippen molar-refractivity contribution in [3.8, 4) is 0 Å².